The second-order valence-electron chi connectivity index (χ2n) is 4.43. The first kappa shape index (κ1) is 11.9. The fraction of sp³-hybridized carbons (Fsp3) is 0.800. The van der Waals surface area contributed by atoms with Crippen molar-refractivity contribution < 1.29 is 19.1 Å². The van der Waals surface area contributed by atoms with Crippen LogP contribution in [0.5, 0.6) is 0 Å². The van der Waals surface area contributed by atoms with E-state index in [1.54, 1.807) is 0 Å². The molecule has 0 saturated carbocycles. The molecule has 86 valence electrons. The van der Waals surface area contributed by atoms with E-state index in [2.05, 4.69) is 0 Å². The van der Waals surface area contributed by atoms with Gasteiger partial charge in [-0.25, -0.2) is 9.18 Å². The van der Waals surface area contributed by atoms with Crippen LogP contribution in [0.4, 0.5) is 4.39 Å². The molecule has 0 aromatic heterocycles. The first-order valence-corrected chi connectivity index (χ1v) is 5.05. The molecule has 15 heavy (non-hydrogen) atoms. The van der Waals surface area contributed by atoms with Crippen molar-refractivity contribution in [2.75, 3.05) is 13.1 Å². The van der Waals surface area contributed by atoms with Crippen LogP contribution in [-0.4, -0.2) is 40.6 Å². The highest BCUT2D eigenvalue weighted by atomic mass is 19.1. The molecule has 1 atom stereocenters. The van der Waals surface area contributed by atoms with Gasteiger partial charge in [0, 0.05) is 19.4 Å². The summed E-state index contributed by atoms with van der Waals surface area (Å²) in [6.07, 6.45) is 0.238. The minimum absolute atomic E-state index is 0.105. The van der Waals surface area contributed by atoms with Crippen LogP contribution in [0.3, 0.4) is 0 Å². The number of amides is 1. The molecule has 4 nitrogen and oxygen atoms in total. The first-order valence-electron chi connectivity index (χ1n) is 5.05. The van der Waals surface area contributed by atoms with E-state index >= 15 is 0 Å². The Labute approximate surface area is 88.1 Å². The normalized spacial score (nSPS) is 26.0. The van der Waals surface area contributed by atoms with Crippen LogP contribution in [0.1, 0.15) is 26.7 Å². The molecule has 1 aliphatic heterocycles. The van der Waals surface area contributed by atoms with Crippen LogP contribution in [0.25, 0.3) is 0 Å². The van der Waals surface area contributed by atoms with E-state index in [9.17, 15) is 14.0 Å². The van der Waals surface area contributed by atoms with Crippen LogP contribution in [0, 0.1) is 5.92 Å². The van der Waals surface area contributed by atoms with E-state index < -0.39 is 11.6 Å². The lowest BCUT2D eigenvalue weighted by atomic mass is 10.1. The number of likely N-dealkylation sites (tertiary alicyclic amines) is 1. The Kier molecular flexibility index (Phi) is 3.31. The van der Waals surface area contributed by atoms with Crippen molar-refractivity contribution in [3.63, 3.8) is 0 Å². The number of aliphatic carboxylic acids is 1. The molecule has 1 unspecified atom stereocenters. The summed E-state index contributed by atoms with van der Waals surface area (Å²) in [5, 5.41) is 8.64. The average Bonchev–Trinajstić information content (AvgIpc) is 2.48. The Morgan fingerprint density at radius 2 is 2.13 bits per heavy atom. The number of rotatable bonds is 3. The molecule has 1 aliphatic rings. The summed E-state index contributed by atoms with van der Waals surface area (Å²) in [5.74, 6) is -1.43. The number of carboxylic acid groups (broad SMARTS) is 1. The third kappa shape index (κ3) is 2.67. The van der Waals surface area contributed by atoms with Gasteiger partial charge in [-0.3, -0.25) is 4.79 Å². The highest BCUT2D eigenvalue weighted by molar-refractivity contribution is 5.82. The predicted molar refractivity (Wildman–Crippen MR) is 52.1 cm³/mol. The standard InChI is InChI=1S/C10H16FNO3/c1-7(2)5-8(13)12-4-3-10(11,6-12)9(14)15/h7H,3-6H2,1-2H3,(H,14,15). The summed E-state index contributed by atoms with van der Waals surface area (Å²) < 4.78 is 13.6. The number of carbonyl (C=O) groups is 2. The van der Waals surface area contributed by atoms with E-state index in [4.69, 9.17) is 5.11 Å². The fourth-order valence-corrected chi connectivity index (χ4v) is 1.64. The maximum absolute atomic E-state index is 13.6. The van der Waals surface area contributed by atoms with Gasteiger partial charge < -0.3 is 10.0 Å². The lowest BCUT2D eigenvalue weighted by Crippen LogP contribution is -2.39. The molecular weight excluding hydrogens is 201 g/mol. The van der Waals surface area contributed by atoms with Gasteiger partial charge in [0.05, 0.1) is 6.54 Å². The molecule has 1 saturated heterocycles. The lowest BCUT2D eigenvalue weighted by molar-refractivity contribution is -0.150. The van der Waals surface area contributed by atoms with Crippen molar-refractivity contribution in [2.24, 2.45) is 5.92 Å². The second-order valence-corrected chi connectivity index (χ2v) is 4.43. The lowest BCUT2D eigenvalue weighted by Gasteiger charge is -2.18. The van der Waals surface area contributed by atoms with Crippen molar-refractivity contribution >= 4 is 11.9 Å². The van der Waals surface area contributed by atoms with E-state index in [1.165, 1.54) is 4.90 Å². The van der Waals surface area contributed by atoms with Crippen LogP contribution in [0.15, 0.2) is 0 Å². The van der Waals surface area contributed by atoms with Crippen molar-refractivity contribution in [2.45, 2.75) is 32.4 Å². The quantitative estimate of drug-likeness (QED) is 0.769. The van der Waals surface area contributed by atoms with Gasteiger partial charge in [0.25, 0.3) is 0 Å². The third-order valence-electron chi connectivity index (χ3n) is 2.54. The molecule has 0 spiro atoms. The molecule has 1 fully saturated rings. The monoisotopic (exact) mass is 217 g/mol. The molecular formula is C10H16FNO3. The third-order valence-corrected chi connectivity index (χ3v) is 2.54. The van der Waals surface area contributed by atoms with Gasteiger partial charge in [-0.2, -0.15) is 0 Å². The first-order chi connectivity index (χ1) is 6.85. The Hall–Kier alpha value is -1.13. The summed E-state index contributed by atoms with van der Waals surface area (Å²) in [6.45, 7) is 3.68. The summed E-state index contributed by atoms with van der Waals surface area (Å²) in [4.78, 5) is 23.4. The Bertz CT molecular complexity index is 280. The fourth-order valence-electron chi connectivity index (χ4n) is 1.64. The van der Waals surface area contributed by atoms with Crippen LogP contribution in [-0.2, 0) is 9.59 Å². The van der Waals surface area contributed by atoms with Gasteiger partial charge in [0.2, 0.25) is 11.6 Å². The smallest absolute Gasteiger partial charge is 0.343 e. The summed E-state index contributed by atoms with van der Waals surface area (Å²) >= 11 is 0. The maximum atomic E-state index is 13.6. The predicted octanol–water partition coefficient (Wildman–Crippen LogP) is 1.06. The molecule has 5 heteroatoms. The van der Waals surface area contributed by atoms with Gasteiger partial charge >= 0.3 is 5.97 Å². The van der Waals surface area contributed by atoms with E-state index in [0.717, 1.165) is 0 Å². The molecule has 0 bridgehead atoms. The van der Waals surface area contributed by atoms with E-state index in [0.29, 0.717) is 6.42 Å². The molecule has 0 aliphatic carbocycles. The van der Waals surface area contributed by atoms with Crippen LogP contribution < -0.4 is 0 Å². The van der Waals surface area contributed by atoms with Crippen LogP contribution >= 0.6 is 0 Å². The zero-order valence-electron chi connectivity index (χ0n) is 8.99. The number of nitrogens with zero attached hydrogens (tertiary/aromatic N) is 1. The highest BCUT2D eigenvalue weighted by Crippen LogP contribution is 2.26. The molecule has 0 radical (unpaired) electrons. The minimum atomic E-state index is -2.24. The number of carbonyl (C=O) groups excluding carboxylic acids is 1. The SMILES string of the molecule is CC(C)CC(=O)N1CCC(F)(C(=O)O)C1. The van der Waals surface area contributed by atoms with Crippen molar-refractivity contribution in [3.8, 4) is 0 Å². The van der Waals surface area contributed by atoms with Crippen LogP contribution in [0.2, 0.25) is 0 Å². The molecule has 1 rings (SSSR count). The minimum Gasteiger partial charge on any atom is -0.479 e. The highest BCUT2D eigenvalue weighted by Gasteiger charge is 2.46. The van der Waals surface area contributed by atoms with Gasteiger partial charge in [0.1, 0.15) is 0 Å². The van der Waals surface area contributed by atoms with Gasteiger partial charge in [0.15, 0.2) is 0 Å². The zero-order chi connectivity index (χ0) is 11.6. The van der Waals surface area contributed by atoms with Crippen molar-refractivity contribution in [3.05, 3.63) is 0 Å². The maximum Gasteiger partial charge on any atom is 0.343 e. The van der Waals surface area contributed by atoms with Gasteiger partial charge in [-0.05, 0) is 5.92 Å². The molecule has 0 aromatic rings. The Morgan fingerprint density at radius 3 is 2.53 bits per heavy atom. The summed E-state index contributed by atoms with van der Waals surface area (Å²) in [6, 6.07) is 0. The summed E-state index contributed by atoms with van der Waals surface area (Å²) in [5.41, 5.74) is -2.24. The molecule has 0 aromatic carbocycles. The summed E-state index contributed by atoms with van der Waals surface area (Å²) in [7, 11) is 0. The van der Waals surface area contributed by atoms with Crippen molar-refractivity contribution in [1.82, 2.24) is 4.90 Å². The Morgan fingerprint density at radius 1 is 1.53 bits per heavy atom. The van der Waals surface area contributed by atoms with Crippen molar-refractivity contribution in [1.29, 1.82) is 0 Å². The number of hydrogen-bond donors (Lipinski definition) is 1. The second kappa shape index (κ2) is 4.16. The number of hydrogen-bond acceptors (Lipinski definition) is 2. The average molecular weight is 217 g/mol. The molecule has 1 amide bonds. The number of carboxylic acids is 1. The largest absolute Gasteiger partial charge is 0.479 e. The van der Waals surface area contributed by atoms with Gasteiger partial charge in [-0.1, -0.05) is 13.8 Å². The Balaban J connectivity index is 2.56. The zero-order valence-corrected chi connectivity index (χ0v) is 8.99. The van der Waals surface area contributed by atoms with E-state index in [1.807, 2.05) is 13.8 Å². The number of halogens is 1. The molecule has 1 N–H and O–H groups in total. The van der Waals surface area contributed by atoms with Gasteiger partial charge in [-0.15, -0.1) is 0 Å². The molecule has 1 heterocycles. The van der Waals surface area contributed by atoms with E-state index in [-0.39, 0.29) is 31.3 Å². The number of alkyl halides is 1. The topological polar surface area (TPSA) is 57.6 Å².